The van der Waals surface area contributed by atoms with Crippen LogP contribution in [-0.4, -0.2) is 32.2 Å². The molecule has 0 aliphatic heterocycles. The Morgan fingerprint density at radius 2 is 1.81 bits per heavy atom. The van der Waals surface area contributed by atoms with Crippen molar-refractivity contribution in [1.82, 2.24) is 4.98 Å². The standard InChI is InChI=1S/C23H24N2O4S2/c1-16(2)15-31(27,28)20-11-4-17(5-12-20)6-13-22(26)25-23-24-21(14-30-23)18-7-9-19(29-3)10-8-18/h4-14,16H,15H2,1-3H3,(H,24,25,26). The van der Waals surface area contributed by atoms with Crippen LogP contribution in [0.1, 0.15) is 19.4 Å². The Hall–Kier alpha value is -2.97. The van der Waals surface area contributed by atoms with Gasteiger partial charge in [-0.1, -0.05) is 26.0 Å². The number of anilines is 1. The van der Waals surface area contributed by atoms with Crippen LogP contribution in [0.25, 0.3) is 17.3 Å². The van der Waals surface area contributed by atoms with Crippen LogP contribution in [0.4, 0.5) is 5.13 Å². The number of aromatic nitrogens is 1. The number of benzene rings is 2. The maximum absolute atomic E-state index is 12.3. The number of carbonyl (C=O) groups excluding carboxylic acids is 1. The van der Waals surface area contributed by atoms with Gasteiger partial charge in [0.25, 0.3) is 0 Å². The van der Waals surface area contributed by atoms with E-state index in [1.54, 1.807) is 37.5 Å². The van der Waals surface area contributed by atoms with Crippen molar-refractivity contribution >= 4 is 38.3 Å². The van der Waals surface area contributed by atoms with Gasteiger partial charge in [0.1, 0.15) is 5.75 Å². The molecule has 31 heavy (non-hydrogen) atoms. The number of ether oxygens (including phenoxy) is 1. The Labute approximate surface area is 186 Å². The van der Waals surface area contributed by atoms with Gasteiger partial charge >= 0.3 is 0 Å². The molecule has 3 rings (SSSR count). The fourth-order valence-corrected chi connectivity index (χ4v) is 5.21. The molecule has 1 heterocycles. The molecule has 0 bridgehead atoms. The van der Waals surface area contributed by atoms with Crippen LogP contribution in [0.5, 0.6) is 5.75 Å². The number of amides is 1. The molecule has 3 aromatic rings. The first kappa shape index (κ1) is 22.7. The van der Waals surface area contributed by atoms with Gasteiger partial charge in [0.15, 0.2) is 15.0 Å². The molecule has 2 aromatic carbocycles. The Kier molecular flexibility index (Phi) is 7.25. The van der Waals surface area contributed by atoms with Gasteiger partial charge in [-0.2, -0.15) is 0 Å². The van der Waals surface area contributed by atoms with E-state index in [9.17, 15) is 13.2 Å². The molecule has 8 heteroatoms. The number of nitrogens with zero attached hydrogens (tertiary/aromatic N) is 1. The van der Waals surface area contributed by atoms with Gasteiger partial charge < -0.3 is 4.74 Å². The zero-order valence-corrected chi connectivity index (χ0v) is 19.2. The van der Waals surface area contributed by atoms with Gasteiger partial charge in [-0.05, 0) is 54.0 Å². The molecule has 0 unspecified atom stereocenters. The highest BCUT2D eigenvalue weighted by Gasteiger charge is 2.15. The van der Waals surface area contributed by atoms with Crippen LogP contribution < -0.4 is 10.1 Å². The molecule has 1 amide bonds. The molecular weight excluding hydrogens is 432 g/mol. The van der Waals surface area contributed by atoms with Crippen molar-refractivity contribution in [3.8, 4) is 17.0 Å². The van der Waals surface area contributed by atoms with E-state index in [2.05, 4.69) is 10.3 Å². The number of hydrogen-bond acceptors (Lipinski definition) is 6. The van der Waals surface area contributed by atoms with Crippen LogP contribution in [-0.2, 0) is 14.6 Å². The van der Waals surface area contributed by atoms with Gasteiger partial charge in [-0.25, -0.2) is 13.4 Å². The van der Waals surface area contributed by atoms with E-state index in [4.69, 9.17) is 4.74 Å². The lowest BCUT2D eigenvalue weighted by atomic mass is 10.2. The predicted molar refractivity (Wildman–Crippen MR) is 125 cm³/mol. The zero-order valence-electron chi connectivity index (χ0n) is 17.5. The number of hydrogen-bond donors (Lipinski definition) is 1. The summed E-state index contributed by atoms with van der Waals surface area (Å²) in [6.45, 7) is 3.74. The second-order valence-corrected chi connectivity index (χ2v) is 10.2. The number of carbonyl (C=O) groups is 1. The molecule has 0 saturated carbocycles. The van der Waals surface area contributed by atoms with E-state index in [0.29, 0.717) is 5.13 Å². The average Bonchev–Trinajstić information content (AvgIpc) is 3.20. The third kappa shape index (κ3) is 6.26. The zero-order chi connectivity index (χ0) is 22.4. The third-order valence-electron chi connectivity index (χ3n) is 4.34. The first-order valence-corrected chi connectivity index (χ1v) is 12.2. The topological polar surface area (TPSA) is 85.4 Å². The fraction of sp³-hybridized carbons (Fsp3) is 0.217. The van der Waals surface area contributed by atoms with Crippen LogP contribution in [0.15, 0.2) is 64.9 Å². The van der Waals surface area contributed by atoms with E-state index < -0.39 is 9.84 Å². The Morgan fingerprint density at radius 3 is 2.42 bits per heavy atom. The number of nitrogens with one attached hydrogen (secondary N) is 1. The van der Waals surface area contributed by atoms with Gasteiger partial charge in [0, 0.05) is 17.0 Å². The lowest BCUT2D eigenvalue weighted by Crippen LogP contribution is -2.11. The van der Waals surface area contributed by atoms with Crippen molar-refractivity contribution in [2.24, 2.45) is 5.92 Å². The van der Waals surface area contributed by atoms with E-state index >= 15 is 0 Å². The Balaban J connectivity index is 1.61. The summed E-state index contributed by atoms with van der Waals surface area (Å²) in [6, 6.07) is 14.0. The minimum Gasteiger partial charge on any atom is -0.497 e. The first-order chi connectivity index (χ1) is 14.8. The fourth-order valence-electron chi connectivity index (χ4n) is 2.87. The van der Waals surface area contributed by atoms with Crippen molar-refractivity contribution in [2.75, 3.05) is 18.2 Å². The highest BCUT2D eigenvalue weighted by atomic mass is 32.2. The van der Waals surface area contributed by atoms with E-state index in [-0.39, 0.29) is 22.5 Å². The molecule has 0 atom stereocenters. The second-order valence-electron chi connectivity index (χ2n) is 7.33. The lowest BCUT2D eigenvalue weighted by molar-refractivity contribution is -0.111. The van der Waals surface area contributed by atoms with Gasteiger partial charge in [0.2, 0.25) is 5.91 Å². The van der Waals surface area contributed by atoms with Crippen molar-refractivity contribution in [2.45, 2.75) is 18.7 Å². The maximum atomic E-state index is 12.3. The van der Waals surface area contributed by atoms with E-state index in [0.717, 1.165) is 22.6 Å². The van der Waals surface area contributed by atoms with Crippen molar-refractivity contribution in [3.05, 3.63) is 65.6 Å². The molecule has 0 aliphatic rings. The van der Waals surface area contributed by atoms with Crippen molar-refractivity contribution in [3.63, 3.8) is 0 Å². The van der Waals surface area contributed by atoms with E-state index in [1.165, 1.54) is 17.4 Å². The van der Waals surface area contributed by atoms with Crippen molar-refractivity contribution < 1.29 is 17.9 Å². The Morgan fingerprint density at radius 1 is 1.13 bits per heavy atom. The summed E-state index contributed by atoms with van der Waals surface area (Å²) in [7, 11) is -1.68. The predicted octanol–water partition coefficient (Wildman–Crippen LogP) is 4.90. The Bertz CT molecular complexity index is 1160. The lowest BCUT2D eigenvalue weighted by Gasteiger charge is -2.07. The molecule has 0 radical (unpaired) electrons. The van der Waals surface area contributed by atoms with E-state index in [1.807, 2.05) is 43.5 Å². The summed E-state index contributed by atoms with van der Waals surface area (Å²) >= 11 is 1.34. The molecule has 1 aromatic heterocycles. The van der Waals surface area contributed by atoms with Gasteiger partial charge in [-0.3, -0.25) is 10.1 Å². The molecular formula is C23H24N2O4S2. The maximum Gasteiger partial charge on any atom is 0.250 e. The molecule has 0 saturated heterocycles. The number of rotatable bonds is 8. The molecule has 1 N–H and O–H groups in total. The highest BCUT2D eigenvalue weighted by Crippen LogP contribution is 2.26. The monoisotopic (exact) mass is 456 g/mol. The smallest absolute Gasteiger partial charge is 0.250 e. The summed E-state index contributed by atoms with van der Waals surface area (Å²) in [5.74, 6) is 0.622. The summed E-state index contributed by atoms with van der Waals surface area (Å²) in [4.78, 5) is 16.9. The average molecular weight is 457 g/mol. The third-order valence-corrected chi connectivity index (χ3v) is 7.19. The van der Waals surface area contributed by atoms with Crippen LogP contribution in [0.3, 0.4) is 0 Å². The summed E-state index contributed by atoms with van der Waals surface area (Å²) < 4.78 is 29.7. The number of methoxy groups -OCH3 is 1. The van der Waals surface area contributed by atoms with Gasteiger partial charge in [0.05, 0.1) is 23.5 Å². The summed E-state index contributed by atoms with van der Waals surface area (Å²) in [5, 5.41) is 5.11. The SMILES string of the molecule is COc1ccc(-c2csc(NC(=O)C=Cc3ccc(S(=O)(=O)CC(C)C)cc3)n2)cc1. The summed E-state index contributed by atoms with van der Waals surface area (Å²) in [5.41, 5.74) is 2.43. The van der Waals surface area contributed by atoms with Crippen molar-refractivity contribution in [1.29, 1.82) is 0 Å². The molecule has 0 fully saturated rings. The van der Waals surface area contributed by atoms with Gasteiger partial charge in [-0.15, -0.1) is 11.3 Å². The minimum absolute atomic E-state index is 0.0596. The normalized spacial score (nSPS) is 11.7. The largest absolute Gasteiger partial charge is 0.497 e. The second kappa shape index (κ2) is 9.89. The quantitative estimate of drug-likeness (QED) is 0.487. The summed E-state index contributed by atoms with van der Waals surface area (Å²) in [6.07, 6.45) is 3.03. The number of thiazole rings is 1. The first-order valence-electron chi connectivity index (χ1n) is 9.68. The number of sulfone groups is 1. The van der Waals surface area contributed by atoms with Crippen LogP contribution >= 0.6 is 11.3 Å². The highest BCUT2D eigenvalue weighted by molar-refractivity contribution is 7.91. The molecule has 162 valence electrons. The molecule has 0 aliphatic carbocycles. The van der Waals surface area contributed by atoms with Crippen LogP contribution in [0, 0.1) is 5.92 Å². The minimum atomic E-state index is -3.29. The molecule has 0 spiro atoms. The van der Waals surface area contributed by atoms with Crippen LogP contribution in [0.2, 0.25) is 0 Å². The molecule has 6 nitrogen and oxygen atoms in total.